The van der Waals surface area contributed by atoms with Gasteiger partial charge >= 0.3 is 0 Å². The van der Waals surface area contributed by atoms with Gasteiger partial charge in [0, 0.05) is 6.42 Å². The Morgan fingerprint density at radius 2 is 1.94 bits per heavy atom. The van der Waals surface area contributed by atoms with E-state index in [4.69, 9.17) is 4.42 Å². The van der Waals surface area contributed by atoms with Gasteiger partial charge in [0.2, 0.25) is 0 Å². The van der Waals surface area contributed by atoms with Crippen molar-refractivity contribution in [2.45, 2.75) is 32.7 Å². The number of nitrogens with one attached hydrogen (secondary N) is 1. The first-order chi connectivity index (χ1) is 8.78. The van der Waals surface area contributed by atoms with Gasteiger partial charge in [0.25, 0.3) is 0 Å². The molecule has 2 heteroatoms. The lowest BCUT2D eigenvalue weighted by Gasteiger charge is -2.15. The van der Waals surface area contributed by atoms with Crippen LogP contribution in [-0.2, 0) is 12.8 Å². The van der Waals surface area contributed by atoms with Gasteiger partial charge in [-0.2, -0.15) is 0 Å². The van der Waals surface area contributed by atoms with Gasteiger partial charge in [0.15, 0.2) is 0 Å². The molecule has 1 N–H and O–H groups in total. The van der Waals surface area contributed by atoms with E-state index in [-0.39, 0.29) is 6.04 Å². The highest BCUT2D eigenvalue weighted by atomic mass is 16.3. The van der Waals surface area contributed by atoms with Crippen LogP contribution < -0.4 is 5.32 Å². The monoisotopic (exact) mass is 243 g/mol. The fourth-order valence-electron chi connectivity index (χ4n) is 2.21. The van der Waals surface area contributed by atoms with E-state index < -0.39 is 0 Å². The summed E-state index contributed by atoms with van der Waals surface area (Å²) in [4.78, 5) is 0. The molecule has 18 heavy (non-hydrogen) atoms. The maximum atomic E-state index is 5.85. The number of aryl methyl sites for hydroxylation is 2. The topological polar surface area (TPSA) is 25.2 Å². The van der Waals surface area contributed by atoms with Gasteiger partial charge in [-0.25, -0.2) is 0 Å². The molecule has 0 aliphatic heterocycles. The van der Waals surface area contributed by atoms with Crippen molar-refractivity contribution in [3.05, 3.63) is 59.0 Å². The zero-order chi connectivity index (χ0) is 13.0. The minimum Gasteiger partial charge on any atom is -0.464 e. The van der Waals surface area contributed by atoms with Crippen molar-refractivity contribution in [2.75, 3.05) is 7.05 Å². The molecule has 2 rings (SSSR count). The summed E-state index contributed by atoms with van der Waals surface area (Å²) in [5.41, 5.74) is 2.61. The second-order valence-corrected chi connectivity index (χ2v) is 4.48. The Balaban J connectivity index is 2.32. The number of benzene rings is 1. The third-order valence-electron chi connectivity index (χ3n) is 3.30. The van der Waals surface area contributed by atoms with Crippen LogP contribution in [0.2, 0.25) is 0 Å². The molecule has 0 saturated carbocycles. The van der Waals surface area contributed by atoms with Gasteiger partial charge in [-0.15, -0.1) is 0 Å². The maximum Gasteiger partial charge on any atom is 0.125 e. The van der Waals surface area contributed by atoms with E-state index >= 15 is 0 Å². The average Bonchev–Trinajstić information content (AvgIpc) is 2.88. The largest absolute Gasteiger partial charge is 0.464 e. The summed E-state index contributed by atoms with van der Waals surface area (Å²) >= 11 is 0. The molecule has 1 heterocycles. The predicted molar refractivity (Wildman–Crippen MR) is 74.8 cm³/mol. The quantitative estimate of drug-likeness (QED) is 0.866. The molecule has 0 amide bonds. The summed E-state index contributed by atoms with van der Waals surface area (Å²) in [6, 6.07) is 12.9. The highest BCUT2D eigenvalue weighted by molar-refractivity contribution is 5.31. The molecular weight excluding hydrogens is 222 g/mol. The molecule has 1 atom stereocenters. The summed E-state index contributed by atoms with van der Waals surface area (Å²) in [5.74, 6) is 2.03. The van der Waals surface area contributed by atoms with Crippen LogP contribution in [-0.4, -0.2) is 7.05 Å². The lowest BCUT2D eigenvalue weighted by atomic mass is 10.0. The maximum absolute atomic E-state index is 5.85. The molecule has 2 nitrogen and oxygen atoms in total. The average molecular weight is 243 g/mol. The normalized spacial score (nSPS) is 12.6. The van der Waals surface area contributed by atoms with E-state index in [1.807, 2.05) is 7.05 Å². The highest BCUT2D eigenvalue weighted by Crippen LogP contribution is 2.24. The van der Waals surface area contributed by atoms with Crippen LogP contribution in [0.4, 0.5) is 0 Å². The Bertz CT molecular complexity index is 501. The molecule has 0 bridgehead atoms. The minimum absolute atomic E-state index is 0.136. The Morgan fingerprint density at radius 1 is 1.11 bits per heavy atom. The SMILES string of the molecule is CCc1cccc(C(NC)c2ccc(CC)o2)c1. The summed E-state index contributed by atoms with van der Waals surface area (Å²) in [6.07, 6.45) is 1.99. The van der Waals surface area contributed by atoms with Crippen LogP contribution in [0.3, 0.4) is 0 Å². The Morgan fingerprint density at radius 3 is 2.56 bits per heavy atom. The molecule has 0 aliphatic rings. The standard InChI is InChI=1S/C16H21NO/c1-4-12-7-6-8-13(11-12)16(17-3)15-10-9-14(5-2)18-15/h6-11,16-17H,4-5H2,1-3H3. The van der Waals surface area contributed by atoms with E-state index in [1.165, 1.54) is 11.1 Å². The molecule has 0 aliphatic carbocycles. The first kappa shape index (κ1) is 12.9. The van der Waals surface area contributed by atoms with Crippen molar-refractivity contribution in [3.8, 4) is 0 Å². The number of furan rings is 1. The fraction of sp³-hybridized carbons (Fsp3) is 0.375. The van der Waals surface area contributed by atoms with Crippen molar-refractivity contribution >= 4 is 0 Å². The smallest absolute Gasteiger partial charge is 0.125 e. The van der Waals surface area contributed by atoms with Gasteiger partial charge in [-0.3, -0.25) is 0 Å². The molecule has 0 radical (unpaired) electrons. The minimum atomic E-state index is 0.136. The van der Waals surface area contributed by atoms with E-state index in [0.29, 0.717) is 0 Å². The van der Waals surface area contributed by atoms with Crippen molar-refractivity contribution in [1.82, 2.24) is 5.32 Å². The van der Waals surface area contributed by atoms with Crippen molar-refractivity contribution in [1.29, 1.82) is 0 Å². The molecule has 2 aromatic rings. The summed E-state index contributed by atoms with van der Waals surface area (Å²) < 4.78 is 5.85. The van der Waals surface area contributed by atoms with Crippen molar-refractivity contribution < 1.29 is 4.42 Å². The molecule has 0 spiro atoms. The van der Waals surface area contributed by atoms with E-state index in [0.717, 1.165) is 24.4 Å². The van der Waals surface area contributed by atoms with Gasteiger partial charge in [-0.1, -0.05) is 38.1 Å². The second kappa shape index (κ2) is 5.87. The molecule has 1 unspecified atom stereocenters. The first-order valence-electron chi connectivity index (χ1n) is 6.63. The Hall–Kier alpha value is -1.54. The summed E-state index contributed by atoms with van der Waals surface area (Å²) in [7, 11) is 1.97. The molecule has 1 aromatic carbocycles. The summed E-state index contributed by atoms with van der Waals surface area (Å²) in [6.45, 7) is 4.28. The van der Waals surface area contributed by atoms with Crippen LogP contribution >= 0.6 is 0 Å². The Labute approximate surface area is 109 Å². The van der Waals surface area contributed by atoms with Crippen LogP contribution in [0, 0.1) is 0 Å². The number of hydrogen-bond donors (Lipinski definition) is 1. The second-order valence-electron chi connectivity index (χ2n) is 4.48. The first-order valence-corrected chi connectivity index (χ1v) is 6.63. The molecule has 0 fully saturated rings. The molecule has 0 saturated heterocycles. The molecular formula is C16H21NO. The molecule has 96 valence electrons. The van der Waals surface area contributed by atoms with E-state index in [1.54, 1.807) is 0 Å². The zero-order valence-corrected chi connectivity index (χ0v) is 11.4. The predicted octanol–water partition coefficient (Wildman–Crippen LogP) is 3.71. The third-order valence-corrected chi connectivity index (χ3v) is 3.30. The summed E-state index contributed by atoms with van der Waals surface area (Å²) in [5, 5.41) is 3.33. The van der Waals surface area contributed by atoms with E-state index in [9.17, 15) is 0 Å². The van der Waals surface area contributed by atoms with Crippen LogP contribution in [0.15, 0.2) is 40.8 Å². The van der Waals surface area contributed by atoms with Crippen LogP contribution in [0.1, 0.15) is 42.5 Å². The fourth-order valence-corrected chi connectivity index (χ4v) is 2.21. The third kappa shape index (κ3) is 2.65. The van der Waals surface area contributed by atoms with Gasteiger partial charge in [0.05, 0.1) is 6.04 Å². The van der Waals surface area contributed by atoms with Gasteiger partial charge < -0.3 is 9.73 Å². The number of hydrogen-bond acceptors (Lipinski definition) is 2. The van der Waals surface area contributed by atoms with Crippen LogP contribution in [0.5, 0.6) is 0 Å². The van der Waals surface area contributed by atoms with Crippen molar-refractivity contribution in [3.63, 3.8) is 0 Å². The lowest BCUT2D eigenvalue weighted by Crippen LogP contribution is -2.17. The van der Waals surface area contributed by atoms with Gasteiger partial charge in [-0.05, 0) is 36.7 Å². The van der Waals surface area contributed by atoms with Gasteiger partial charge in [0.1, 0.15) is 11.5 Å². The highest BCUT2D eigenvalue weighted by Gasteiger charge is 2.15. The van der Waals surface area contributed by atoms with Crippen LogP contribution in [0.25, 0.3) is 0 Å². The van der Waals surface area contributed by atoms with E-state index in [2.05, 4.69) is 55.6 Å². The lowest BCUT2D eigenvalue weighted by molar-refractivity contribution is 0.434. The number of rotatable bonds is 5. The molecule has 1 aromatic heterocycles. The zero-order valence-electron chi connectivity index (χ0n) is 11.4. The van der Waals surface area contributed by atoms with Crippen molar-refractivity contribution in [2.24, 2.45) is 0 Å². The Kier molecular flexibility index (Phi) is 4.21.